The van der Waals surface area contributed by atoms with E-state index < -0.39 is 41.6 Å². The minimum atomic E-state index is -0.950. The number of esters is 1. The van der Waals surface area contributed by atoms with Crippen molar-refractivity contribution in [1.29, 1.82) is 0 Å². The summed E-state index contributed by atoms with van der Waals surface area (Å²) in [4.78, 5) is 62.9. The van der Waals surface area contributed by atoms with Gasteiger partial charge in [-0.15, -0.1) is 6.58 Å². The van der Waals surface area contributed by atoms with Crippen LogP contribution in [0.4, 0.5) is 4.79 Å². The van der Waals surface area contributed by atoms with Gasteiger partial charge < -0.3 is 30.2 Å². The lowest BCUT2D eigenvalue weighted by molar-refractivity contribution is -0.145. The Balaban J connectivity index is 3.01. The van der Waals surface area contributed by atoms with Crippen LogP contribution in [0.3, 0.4) is 0 Å². The fourth-order valence-corrected chi connectivity index (χ4v) is 4.15. The second-order valence-electron chi connectivity index (χ2n) is 11.1. The average molecular weight is 602 g/mol. The summed E-state index contributed by atoms with van der Waals surface area (Å²) in [6, 6.07) is 5.32. The molecule has 0 aromatic heterocycles. The number of unbranched alkanes of at least 4 members (excludes halogenated alkanes) is 1. The van der Waals surface area contributed by atoms with E-state index in [0.29, 0.717) is 38.2 Å². The predicted molar refractivity (Wildman–Crippen MR) is 163 cm³/mol. The van der Waals surface area contributed by atoms with Crippen LogP contribution in [-0.4, -0.2) is 67.6 Å². The third-order valence-electron chi connectivity index (χ3n) is 6.17. The fraction of sp³-hybridized carbons (Fsp3) is 0.531. The number of hydrogen-bond acceptors (Lipinski definition) is 8. The third-order valence-corrected chi connectivity index (χ3v) is 6.17. The van der Waals surface area contributed by atoms with Crippen molar-refractivity contribution in [3.8, 4) is 5.75 Å². The van der Waals surface area contributed by atoms with E-state index in [9.17, 15) is 24.0 Å². The first-order valence-electron chi connectivity index (χ1n) is 14.4. The Morgan fingerprint density at radius 2 is 1.63 bits per heavy atom. The molecule has 3 N–H and O–H groups in total. The highest BCUT2D eigenvalue weighted by Crippen LogP contribution is 2.19. The van der Waals surface area contributed by atoms with Crippen molar-refractivity contribution in [3.05, 3.63) is 55.1 Å². The van der Waals surface area contributed by atoms with Crippen LogP contribution in [0.2, 0.25) is 0 Å². The minimum Gasteiger partial charge on any atom is -0.490 e. The number of carbonyl (C=O) groups excluding carboxylic acids is 5. The molecule has 0 aliphatic heterocycles. The lowest BCUT2D eigenvalue weighted by Gasteiger charge is -2.23. The van der Waals surface area contributed by atoms with Gasteiger partial charge in [-0.05, 0) is 64.2 Å². The summed E-state index contributed by atoms with van der Waals surface area (Å²) >= 11 is 0. The van der Waals surface area contributed by atoms with Gasteiger partial charge in [0.25, 0.3) is 0 Å². The molecule has 1 aromatic carbocycles. The summed E-state index contributed by atoms with van der Waals surface area (Å²) in [6.45, 7) is 14.5. The largest absolute Gasteiger partial charge is 0.490 e. The molecule has 0 bridgehead atoms. The Morgan fingerprint density at radius 3 is 2.19 bits per heavy atom. The molecule has 0 unspecified atom stereocenters. The number of carbonyl (C=O) groups is 5. The lowest BCUT2D eigenvalue weighted by atomic mass is 9.90. The molecule has 11 nitrogen and oxygen atoms in total. The predicted octanol–water partition coefficient (Wildman–Crippen LogP) is 3.80. The molecule has 43 heavy (non-hydrogen) atoms. The van der Waals surface area contributed by atoms with Crippen LogP contribution in [0.15, 0.2) is 49.6 Å². The maximum Gasteiger partial charge on any atom is 0.407 e. The molecule has 1 rings (SSSR count). The normalized spacial score (nSPS) is 13.0. The monoisotopic (exact) mass is 601 g/mol. The first-order valence-corrected chi connectivity index (χ1v) is 14.4. The van der Waals surface area contributed by atoms with Gasteiger partial charge in [0.1, 0.15) is 24.0 Å². The molecule has 0 radical (unpaired) electrons. The Hall–Kier alpha value is -4.15. The molecule has 0 heterocycles. The van der Waals surface area contributed by atoms with E-state index in [1.165, 1.54) is 20.1 Å². The van der Waals surface area contributed by atoms with Gasteiger partial charge in [-0.25, -0.2) is 9.59 Å². The van der Waals surface area contributed by atoms with Gasteiger partial charge in [-0.2, -0.15) is 0 Å². The molecule has 0 saturated heterocycles. The van der Waals surface area contributed by atoms with Gasteiger partial charge in [0, 0.05) is 25.8 Å². The van der Waals surface area contributed by atoms with Crippen molar-refractivity contribution in [2.45, 2.75) is 83.9 Å². The number of hydrogen-bond donors (Lipinski definition) is 3. The molecule has 11 heteroatoms. The summed E-state index contributed by atoms with van der Waals surface area (Å²) in [5.74, 6) is -1.98. The zero-order chi connectivity index (χ0) is 32.4. The van der Waals surface area contributed by atoms with Crippen molar-refractivity contribution >= 4 is 29.7 Å². The van der Waals surface area contributed by atoms with Crippen LogP contribution in [0.1, 0.15) is 65.4 Å². The standard InChI is InChI=1S/C32H47N3O8/c1-8-12-26(30(39)41-7)35-29(38)24(13-10-11-18-33-31(40)43-32(4,5)6)21-28(37)27(34-22(3)36)20-23-14-16-25(17-15-23)42-19-9-2/h8-9,14-17,24,26-27H,1-2,10-13,18-21H2,3-7H3,(H,33,40)(H,34,36)(H,35,38)/t24-,26+,27+/m1/s1. The quantitative estimate of drug-likeness (QED) is 0.123. The highest BCUT2D eigenvalue weighted by atomic mass is 16.6. The molecular formula is C32H47N3O8. The highest BCUT2D eigenvalue weighted by molar-refractivity contribution is 5.93. The van der Waals surface area contributed by atoms with Gasteiger partial charge >= 0.3 is 12.1 Å². The summed E-state index contributed by atoms with van der Waals surface area (Å²) in [5.41, 5.74) is 0.171. The molecule has 0 aliphatic carbocycles. The Labute approximate surface area is 254 Å². The molecule has 0 fully saturated rings. The summed E-state index contributed by atoms with van der Waals surface area (Å²) in [5, 5.41) is 8.05. The second kappa shape index (κ2) is 19.1. The van der Waals surface area contributed by atoms with Crippen molar-refractivity contribution in [3.63, 3.8) is 0 Å². The van der Waals surface area contributed by atoms with Crippen molar-refractivity contribution in [2.75, 3.05) is 20.3 Å². The van der Waals surface area contributed by atoms with E-state index >= 15 is 0 Å². The van der Waals surface area contributed by atoms with Crippen molar-refractivity contribution in [2.24, 2.45) is 5.92 Å². The van der Waals surface area contributed by atoms with Gasteiger partial charge in [0.05, 0.1) is 13.2 Å². The maximum atomic E-state index is 13.5. The number of amides is 3. The number of alkyl carbamates (subject to hydrolysis) is 1. The zero-order valence-corrected chi connectivity index (χ0v) is 26.0. The van der Waals surface area contributed by atoms with Crippen LogP contribution in [-0.2, 0) is 35.1 Å². The number of nitrogens with one attached hydrogen (secondary N) is 3. The number of benzene rings is 1. The van der Waals surface area contributed by atoms with Crippen LogP contribution in [0.5, 0.6) is 5.75 Å². The molecule has 3 atom stereocenters. The number of methoxy groups -OCH3 is 1. The highest BCUT2D eigenvalue weighted by Gasteiger charge is 2.30. The molecule has 0 aliphatic rings. The first-order chi connectivity index (χ1) is 20.3. The summed E-state index contributed by atoms with van der Waals surface area (Å²) in [6.07, 6.45) is 4.12. The van der Waals surface area contributed by atoms with E-state index in [1.807, 2.05) is 0 Å². The second-order valence-corrected chi connectivity index (χ2v) is 11.1. The van der Waals surface area contributed by atoms with Crippen molar-refractivity contribution < 1.29 is 38.2 Å². The molecular weight excluding hydrogens is 554 g/mol. The van der Waals surface area contributed by atoms with Crippen molar-refractivity contribution in [1.82, 2.24) is 16.0 Å². The number of ketones is 1. The molecule has 0 spiro atoms. The van der Waals surface area contributed by atoms with E-state index in [0.717, 1.165) is 5.56 Å². The van der Waals surface area contributed by atoms with Gasteiger partial charge in [-0.3, -0.25) is 14.4 Å². The SMILES string of the molecule is C=CCOc1ccc(C[C@H](NC(C)=O)C(=O)C[C@@H](CCCCNC(=O)OC(C)(C)C)C(=O)N[C@@H](CC=C)C(=O)OC)cc1. The van der Waals surface area contributed by atoms with E-state index in [1.54, 1.807) is 51.1 Å². The van der Waals surface area contributed by atoms with Gasteiger partial charge in [0.15, 0.2) is 5.78 Å². The van der Waals surface area contributed by atoms with E-state index in [2.05, 4.69) is 29.1 Å². The average Bonchev–Trinajstić information content (AvgIpc) is 2.93. The molecule has 0 saturated carbocycles. The van der Waals surface area contributed by atoms with E-state index in [-0.39, 0.29) is 31.0 Å². The van der Waals surface area contributed by atoms with Gasteiger partial charge in [0.2, 0.25) is 11.8 Å². The summed E-state index contributed by atoms with van der Waals surface area (Å²) < 4.78 is 15.5. The zero-order valence-electron chi connectivity index (χ0n) is 26.0. The van der Waals surface area contributed by atoms with Crippen LogP contribution >= 0.6 is 0 Å². The smallest absolute Gasteiger partial charge is 0.407 e. The maximum absolute atomic E-state index is 13.5. The molecule has 3 amide bonds. The van der Waals surface area contributed by atoms with Gasteiger partial charge in [-0.1, -0.05) is 37.3 Å². The number of rotatable bonds is 19. The number of ether oxygens (including phenoxy) is 3. The van der Waals surface area contributed by atoms with E-state index in [4.69, 9.17) is 14.2 Å². The molecule has 1 aromatic rings. The third kappa shape index (κ3) is 15.6. The minimum absolute atomic E-state index is 0.153. The Morgan fingerprint density at radius 1 is 0.953 bits per heavy atom. The Bertz CT molecular complexity index is 1090. The fourth-order valence-electron chi connectivity index (χ4n) is 4.15. The first kappa shape index (κ1) is 36.9. The van der Waals surface area contributed by atoms with Crippen LogP contribution in [0.25, 0.3) is 0 Å². The number of Topliss-reactive ketones (excluding diaryl/α,β-unsaturated/α-hetero) is 1. The lowest BCUT2D eigenvalue weighted by Crippen LogP contribution is -2.46. The van der Waals surface area contributed by atoms with Crippen LogP contribution < -0.4 is 20.7 Å². The summed E-state index contributed by atoms with van der Waals surface area (Å²) in [7, 11) is 1.22. The Kier molecular flexibility index (Phi) is 16.4. The van der Waals surface area contributed by atoms with Crippen LogP contribution in [0, 0.1) is 5.92 Å². The molecule has 238 valence electrons. The topological polar surface area (TPSA) is 149 Å².